The van der Waals surface area contributed by atoms with Gasteiger partial charge in [-0.1, -0.05) is 38.1 Å². The zero-order valence-electron chi connectivity index (χ0n) is 20.5. The van der Waals surface area contributed by atoms with Crippen molar-refractivity contribution < 1.29 is 19.1 Å². The zero-order chi connectivity index (χ0) is 24.8. The fourth-order valence-electron chi connectivity index (χ4n) is 4.45. The van der Waals surface area contributed by atoms with Crippen LogP contribution in [-0.2, 0) is 9.59 Å². The Morgan fingerprint density at radius 3 is 2.49 bits per heavy atom. The average Bonchev–Trinajstić information content (AvgIpc) is 2.87. The summed E-state index contributed by atoms with van der Waals surface area (Å²) in [6.07, 6.45) is 2.49. The second-order valence-electron chi connectivity index (χ2n) is 9.54. The van der Waals surface area contributed by atoms with Crippen molar-refractivity contribution in [3.05, 3.63) is 54.1 Å². The molecular weight excluding hydrogens is 444 g/mol. The van der Waals surface area contributed by atoms with E-state index in [1.165, 1.54) is 0 Å². The highest BCUT2D eigenvalue weighted by molar-refractivity contribution is 6.04. The molecule has 0 radical (unpaired) electrons. The maximum atomic E-state index is 13.1. The molecule has 3 amide bonds. The largest absolute Gasteiger partial charge is 0.477 e. The van der Waals surface area contributed by atoms with E-state index in [-0.39, 0.29) is 30.8 Å². The lowest BCUT2D eigenvalue weighted by Crippen LogP contribution is -2.52. The van der Waals surface area contributed by atoms with E-state index in [4.69, 9.17) is 4.74 Å². The van der Waals surface area contributed by atoms with Crippen molar-refractivity contribution in [1.29, 1.82) is 0 Å². The van der Waals surface area contributed by atoms with Crippen LogP contribution in [0.15, 0.2) is 48.5 Å². The van der Waals surface area contributed by atoms with Crippen molar-refractivity contribution in [2.24, 2.45) is 5.92 Å². The van der Waals surface area contributed by atoms with Gasteiger partial charge in [0.15, 0.2) is 6.10 Å². The molecule has 1 atom stereocenters. The van der Waals surface area contributed by atoms with E-state index in [0.717, 1.165) is 38.0 Å². The van der Waals surface area contributed by atoms with Crippen LogP contribution in [0, 0.1) is 5.92 Å². The molecule has 186 valence electrons. The van der Waals surface area contributed by atoms with Crippen LogP contribution < -0.4 is 20.3 Å². The molecule has 8 heteroatoms. The quantitative estimate of drug-likeness (QED) is 0.637. The van der Waals surface area contributed by atoms with Crippen LogP contribution in [0.1, 0.15) is 43.5 Å². The van der Waals surface area contributed by atoms with Gasteiger partial charge in [-0.05, 0) is 49.4 Å². The molecule has 2 aliphatic heterocycles. The summed E-state index contributed by atoms with van der Waals surface area (Å²) >= 11 is 0. The van der Waals surface area contributed by atoms with Crippen LogP contribution in [0.3, 0.4) is 0 Å². The highest BCUT2D eigenvalue weighted by Gasteiger charge is 2.34. The predicted octanol–water partition coefficient (Wildman–Crippen LogP) is 3.29. The zero-order valence-corrected chi connectivity index (χ0v) is 20.5. The van der Waals surface area contributed by atoms with E-state index in [9.17, 15) is 14.4 Å². The Balaban J connectivity index is 1.47. The van der Waals surface area contributed by atoms with Crippen LogP contribution in [0.4, 0.5) is 11.4 Å². The Bertz CT molecular complexity index is 1060. The fourth-order valence-corrected chi connectivity index (χ4v) is 4.45. The maximum absolute atomic E-state index is 13.1. The minimum atomic E-state index is -0.662. The number of likely N-dealkylation sites (tertiary alicyclic amines) is 1. The van der Waals surface area contributed by atoms with Crippen LogP contribution in [0.5, 0.6) is 5.75 Å². The molecule has 2 N–H and O–H groups in total. The highest BCUT2D eigenvalue weighted by atomic mass is 16.5. The molecule has 2 heterocycles. The van der Waals surface area contributed by atoms with Crippen LogP contribution >= 0.6 is 0 Å². The minimum Gasteiger partial charge on any atom is -0.477 e. The van der Waals surface area contributed by atoms with Gasteiger partial charge >= 0.3 is 0 Å². The Hall–Kier alpha value is -3.55. The van der Waals surface area contributed by atoms with E-state index in [2.05, 4.69) is 10.6 Å². The molecule has 0 unspecified atom stereocenters. The van der Waals surface area contributed by atoms with Crippen molar-refractivity contribution in [3.63, 3.8) is 0 Å². The van der Waals surface area contributed by atoms with Crippen LogP contribution in [-0.4, -0.2) is 61.4 Å². The number of para-hydroxylation sites is 3. The second kappa shape index (κ2) is 11.3. The van der Waals surface area contributed by atoms with E-state index < -0.39 is 6.10 Å². The molecule has 8 nitrogen and oxygen atoms in total. The van der Waals surface area contributed by atoms with Gasteiger partial charge in [0.2, 0.25) is 5.91 Å². The van der Waals surface area contributed by atoms with Gasteiger partial charge in [0.25, 0.3) is 11.8 Å². The first-order chi connectivity index (χ1) is 16.9. The van der Waals surface area contributed by atoms with Gasteiger partial charge in [0, 0.05) is 19.6 Å². The summed E-state index contributed by atoms with van der Waals surface area (Å²) in [5, 5.41) is 5.78. The molecule has 2 aliphatic rings. The summed E-state index contributed by atoms with van der Waals surface area (Å²) in [5.41, 5.74) is 1.65. The number of benzene rings is 2. The summed E-state index contributed by atoms with van der Waals surface area (Å²) in [6.45, 7) is 6.42. The van der Waals surface area contributed by atoms with Crippen molar-refractivity contribution in [2.75, 3.05) is 42.9 Å². The lowest BCUT2D eigenvalue weighted by molar-refractivity contribution is -0.139. The Kier molecular flexibility index (Phi) is 7.90. The van der Waals surface area contributed by atoms with E-state index in [0.29, 0.717) is 29.5 Å². The number of hydrogen-bond acceptors (Lipinski definition) is 5. The van der Waals surface area contributed by atoms with Crippen molar-refractivity contribution in [1.82, 2.24) is 10.2 Å². The summed E-state index contributed by atoms with van der Waals surface area (Å²) in [5.74, 6) is 0.392. The Morgan fingerprint density at radius 1 is 1.00 bits per heavy atom. The first-order valence-electron chi connectivity index (χ1n) is 12.4. The van der Waals surface area contributed by atoms with Gasteiger partial charge in [0.1, 0.15) is 5.75 Å². The number of nitrogens with zero attached hydrogens (tertiary/aromatic N) is 2. The molecule has 0 aromatic heterocycles. The van der Waals surface area contributed by atoms with Gasteiger partial charge < -0.3 is 25.2 Å². The van der Waals surface area contributed by atoms with E-state index in [1.807, 2.05) is 47.9 Å². The molecule has 0 spiro atoms. The van der Waals surface area contributed by atoms with E-state index >= 15 is 0 Å². The van der Waals surface area contributed by atoms with Gasteiger partial charge in [-0.15, -0.1) is 0 Å². The van der Waals surface area contributed by atoms with E-state index in [1.54, 1.807) is 24.3 Å². The molecule has 1 saturated heterocycles. The molecule has 35 heavy (non-hydrogen) atoms. The highest BCUT2D eigenvalue weighted by Crippen LogP contribution is 2.33. The van der Waals surface area contributed by atoms with Crippen LogP contribution in [0.25, 0.3) is 0 Å². The smallest absolute Gasteiger partial charge is 0.265 e. The van der Waals surface area contributed by atoms with Gasteiger partial charge in [-0.25, -0.2) is 0 Å². The van der Waals surface area contributed by atoms with Crippen molar-refractivity contribution in [2.45, 2.75) is 39.2 Å². The average molecular weight is 479 g/mol. The number of fused-ring (bicyclic) bond motifs is 1. The van der Waals surface area contributed by atoms with Crippen molar-refractivity contribution >= 4 is 29.1 Å². The number of piperidine rings is 1. The number of ether oxygens (including phenoxy) is 1. The lowest BCUT2D eigenvalue weighted by atomic mass is 10.1. The number of anilines is 2. The van der Waals surface area contributed by atoms with Gasteiger partial charge in [-0.3, -0.25) is 14.4 Å². The molecule has 2 aromatic carbocycles. The van der Waals surface area contributed by atoms with Crippen LogP contribution in [0.2, 0.25) is 0 Å². The number of carbonyl (C=O) groups excluding carboxylic acids is 3. The van der Waals surface area contributed by atoms with Gasteiger partial charge in [0.05, 0.1) is 30.0 Å². The summed E-state index contributed by atoms with van der Waals surface area (Å²) in [4.78, 5) is 42.6. The number of nitrogens with one attached hydrogen (secondary N) is 2. The van der Waals surface area contributed by atoms with Gasteiger partial charge in [-0.2, -0.15) is 0 Å². The standard InChI is InChI=1S/C27H34N4O4/c1-19(2)16-28-26(33)20-10-4-5-11-21(20)29-25(32)18-31-17-24(27(34)30-14-8-3-9-15-30)35-23-13-7-6-12-22(23)31/h4-7,10-13,19,24H,3,8-9,14-18H2,1-2H3,(H,28,33)(H,29,32)/t24-/m1/s1. The Morgan fingerprint density at radius 2 is 1.71 bits per heavy atom. The first kappa shape index (κ1) is 24.6. The second-order valence-corrected chi connectivity index (χ2v) is 9.54. The molecule has 0 bridgehead atoms. The molecule has 1 fully saturated rings. The normalized spacial score (nSPS) is 17.4. The first-order valence-corrected chi connectivity index (χ1v) is 12.4. The molecule has 0 saturated carbocycles. The number of hydrogen-bond donors (Lipinski definition) is 2. The number of carbonyl (C=O) groups is 3. The maximum Gasteiger partial charge on any atom is 0.265 e. The number of rotatable bonds is 7. The Labute approximate surface area is 206 Å². The van der Waals surface area contributed by atoms with Crippen molar-refractivity contribution in [3.8, 4) is 5.75 Å². The SMILES string of the molecule is CC(C)CNC(=O)c1ccccc1NC(=O)CN1C[C@H](C(=O)N2CCCCC2)Oc2ccccc21. The molecule has 2 aromatic rings. The molecule has 0 aliphatic carbocycles. The summed E-state index contributed by atoms with van der Waals surface area (Å²) in [7, 11) is 0. The summed E-state index contributed by atoms with van der Waals surface area (Å²) in [6, 6.07) is 14.4. The third-order valence-electron chi connectivity index (χ3n) is 6.26. The topological polar surface area (TPSA) is 91.0 Å². The lowest BCUT2D eigenvalue weighted by Gasteiger charge is -2.38. The molecule has 4 rings (SSSR count). The minimum absolute atomic E-state index is 0.0308. The monoisotopic (exact) mass is 478 g/mol. The third kappa shape index (κ3) is 6.12. The fraction of sp³-hybridized carbons (Fsp3) is 0.444. The third-order valence-corrected chi connectivity index (χ3v) is 6.26. The number of amides is 3. The predicted molar refractivity (Wildman–Crippen MR) is 136 cm³/mol. The molecular formula is C27H34N4O4. The summed E-state index contributed by atoms with van der Waals surface area (Å²) < 4.78 is 6.06.